The van der Waals surface area contributed by atoms with Gasteiger partial charge >= 0.3 is 7.12 Å². The van der Waals surface area contributed by atoms with Gasteiger partial charge in [0.1, 0.15) is 17.5 Å². The van der Waals surface area contributed by atoms with Gasteiger partial charge in [0.2, 0.25) is 0 Å². The van der Waals surface area contributed by atoms with Crippen LogP contribution in [0.15, 0.2) is 0 Å². The minimum atomic E-state index is -0.614. The summed E-state index contributed by atoms with van der Waals surface area (Å²) in [4.78, 5) is 0. The van der Waals surface area contributed by atoms with Gasteiger partial charge in [-0.25, -0.2) is 13.8 Å². The Morgan fingerprint density at radius 2 is 0.857 bits per heavy atom. The Hall–Kier alpha value is -1.86. The minimum absolute atomic E-state index is 0.571. The molecule has 9 nitrogen and oxygen atoms in total. The molecule has 0 radical (unpaired) electrons. The molecular formula is C15H24BN9S3. The van der Waals surface area contributed by atoms with Crippen LogP contribution in [0.3, 0.4) is 0 Å². The summed E-state index contributed by atoms with van der Waals surface area (Å²) in [6.07, 6.45) is 0. The average Bonchev–Trinajstić information content (AvgIpc) is 3.20. The van der Waals surface area contributed by atoms with Crippen LogP contribution >= 0.6 is 36.7 Å². The van der Waals surface area contributed by atoms with Gasteiger partial charge in [-0.15, -0.1) is 0 Å². The Kier molecular flexibility index (Phi) is 5.87. The summed E-state index contributed by atoms with van der Waals surface area (Å²) in [6, 6.07) is 0. The fraction of sp³-hybridized carbons (Fsp3) is 0.600. The second-order valence-electron chi connectivity index (χ2n) is 6.40. The molecule has 0 fully saturated rings. The first-order valence-corrected chi connectivity index (χ1v) is 10.5. The summed E-state index contributed by atoms with van der Waals surface area (Å²) in [7, 11) is -0.614. The van der Waals surface area contributed by atoms with Crippen LogP contribution in [-0.2, 0) is 19.6 Å². The quantitative estimate of drug-likeness (QED) is 0.437. The van der Waals surface area contributed by atoms with Crippen LogP contribution in [-0.4, -0.2) is 49.9 Å². The summed E-state index contributed by atoms with van der Waals surface area (Å²) < 4.78 is 12.8. The molecule has 0 aliphatic rings. The van der Waals surface area contributed by atoms with Crippen LogP contribution < -0.4 is 0 Å². The molecule has 0 amide bonds. The van der Waals surface area contributed by atoms with Gasteiger partial charge in [-0.2, -0.15) is 15.3 Å². The van der Waals surface area contributed by atoms with Crippen molar-refractivity contribution in [3.8, 4) is 0 Å². The number of rotatable bonds is 6. The largest absolute Gasteiger partial charge is 0.576 e. The summed E-state index contributed by atoms with van der Waals surface area (Å²) in [5.41, 5.74) is 0. The van der Waals surface area contributed by atoms with E-state index < -0.39 is 7.12 Å². The lowest BCUT2D eigenvalue weighted by molar-refractivity contribution is 0.700. The third-order valence-corrected chi connectivity index (χ3v) is 6.04. The van der Waals surface area contributed by atoms with E-state index in [2.05, 4.69) is 15.3 Å². The van der Waals surface area contributed by atoms with Crippen molar-refractivity contribution < 1.29 is 0 Å². The number of hydrogen-bond donors (Lipinski definition) is 0. The fourth-order valence-corrected chi connectivity index (χ4v) is 4.59. The molecule has 0 saturated heterocycles. The zero-order valence-corrected chi connectivity index (χ0v) is 19.4. The molecule has 13 heteroatoms. The summed E-state index contributed by atoms with van der Waals surface area (Å²) in [5, 5.41) is 14.1. The van der Waals surface area contributed by atoms with E-state index in [0.717, 1.165) is 37.1 Å². The van der Waals surface area contributed by atoms with Crippen molar-refractivity contribution in [3.05, 3.63) is 31.8 Å². The average molecular weight is 437 g/mol. The van der Waals surface area contributed by atoms with Crippen molar-refractivity contribution in [2.45, 2.75) is 61.2 Å². The van der Waals surface area contributed by atoms with Gasteiger partial charge in [-0.3, -0.25) is 0 Å². The highest BCUT2D eigenvalue weighted by Gasteiger charge is 2.34. The summed E-state index contributed by atoms with van der Waals surface area (Å²) in [5.74, 6) is 2.44. The van der Waals surface area contributed by atoms with Crippen LogP contribution in [0.25, 0.3) is 0 Å². The second-order valence-corrected chi connectivity index (χ2v) is 7.50. The molecule has 0 spiro atoms. The molecule has 0 aliphatic heterocycles. The van der Waals surface area contributed by atoms with Crippen molar-refractivity contribution in [3.63, 3.8) is 0 Å². The monoisotopic (exact) mass is 437 g/mol. The third kappa shape index (κ3) is 3.14. The lowest BCUT2D eigenvalue weighted by Gasteiger charge is -2.12. The van der Waals surface area contributed by atoms with Gasteiger partial charge in [0, 0.05) is 19.6 Å². The second kappa shape index (κ2) is 7.87. The number of hydrogen-bond acceptors (Lipinski definition) is 6. The maximum Gasteiger partial charge on any atom is 0.576 e. The Bertz CT molecular complexity index is 1040. The Morgan fingerprint density at radius 1 is 0.607 bits per heavy atom. The molecule has 0 unspecified atom stereocenters. The van der Waals surface area contributed by atoms with Crippen molar-refractivity contribution in [2.24, 2.45) is 0 Å². The Morgan fingerprint density at radius 3 is 1.04 bits per heavy atom. The van der Waals surface area contributed by atoms with Crippen molar-refractivity contribution in [2.75, 3.05) is 0 Å². The molecule has 3 aromatic rings. The SMILES string of the molecule is CCn1c(C)nn(B(n2nc(C)n(CC)c2=S)n2nc(C)n(CC)c2=S)c1=S. The molecule has 0 aliphatic carbocycles. The van der Waals surface area contributed by atoms with Crippen molar-refractivity contribution in [1.82, 2.24) is 42.8 Å². The Labute approximate surface area is 179 Å². The van der Waals surface area contributed by atoms with E-state index >= 15 is 0 Å². The highest BCUT2D eigenvalue weighted by atomic mass is 32.1. The third-order valence-electron chi connectivity index (χ3n) is 4.81. The number of aromatic nitrogens is 9. The van der Waals surface area contributed by atoms with E-state index in [4.69, 9.17) is 36.7 Å². The molecule has 0 atom stereocenters. The lowest BCUT2D eigenvalue weighted by atomic mass is 9.96. The summed E-state index contributed by atoms with van der Waals surface area (Å²) in [6.45, 7) is 14.1. The Balaban J connectivity index is 2.38. The molecule has 0 N–H and O–H groups in total. The lowest BCUT2D eigenvalue weighted by Crippen LogP contribution is -2.44. The molecule has 3 heterocycles. The van der Waals surface area contributed by atoms with Crippen LogP contribution in [0.5, 0.6) is 0 Å². The molecular weight excluding hydrogens is 413 g/mol. The smallest absolute Gasteiger partial charge is 0.305 e. The molecule has 150 valence electrons. The standard InChI is InChI=1S/C15H24BN9S3/c1-7-20-10(4)17-23(13(20)26)16(24-14(27)21(8-2)11(5)18-24)25-15(28)22(9-3)12(6)19-25/h7-9H2,1-6H3. The molecule has 0 aromatic carbocycles. The topological polar surface area (TPSA) is 68.2 Å². The maximum atomic E-state index is 5.71. The van der Waals surface area contributed by atoms with Crippen LogP contribution in [0.2, 0.25) is 0 Å². The van der Waals surface area contributed by atoms with Crippen LogP contribution in [0.1, 0.15) is 38.2 Å². The van der Waals surface area contributed by atoms with Gasteiger partial charge in [0.05, 0.1) is 0 Å². The molecule has 28 heavy (non-hydrogen) atoms. The van der Waals surface area contributed by atoms with Gasteiger partial charge in [-0.05, 0) is 78.2 Å². The molecule has 3 rings (SSSR count). The van der Waals surface area contributed by atoms with Crippen LogP contribution in [0.4, 0.5) is 0 Å². The van der Waals surface area contributed by atoms with Gasteiger partial charge < -0.3 is 13.7 Å². The first kappa shape index (κ1) is 20.9. The first-order chi connectivity index (χ1) is 13.3. The predicted molar refractivity (Wildman–Crippen MR) is 116 cm³/mol. The van der Waals surface area contributed by atoms with E-state index in [1.165, 1.54) is 0 Å². The van der Waals surface area contributed by atoms with Gasteiger partial charge in [0.15, 0.2) is 14.3 Å². The van der Waals surface area contributed by atoms with Gasteiger partial charge in [0.25, 0.3) is 0 Å². The number of aryl methyl sites for hydroxylation is 3. The van der Waals surface area contributed by atoms with Crippen molar-refractivity contribution >= 4 is 43.8 Å². The zero-order chi connectivity index (χ0) is 20.7. The van der Waals surface area contributed by atoms with Gasteiger partial charge in [-0.1, -0.05) is 0 Å². The van der Waals surface area contributed by atoms with E-state index in [-0.39, 0.29) is 0 Å². The van der Waals surface area contributed by atoms with Crippen LogP contribution in [0, 0.1) is 35.1 Å². The highest BCUT2D eigenvalue weighted by molar-refractivity contribution is 7.71. The van der Waals surface area contributed by atoms with E-state index in [1.807, 2.05) is 55.2 Å². The maximum absolute atomic E-state index is 5.71. The molecule has 3 aromatic heterocycles. The normalized spacial score (nSPS) is 11.4. The first-order valence-electron chi connectivity index (χ1n) is 9.24. The van der Waals surface area contributed by atoms with E-state index in [9.17, 15) is 0 Å². The zero-order valence-electron chi connectivity index (χ0n) is 16.9. The van der Waals surface area contributed by atoms with Crippen molar-refractivity contribution in [1.29, 1.82) is 0 Å². The molecule has 0 bridgehead atoms. The highest BCUT2D eigenvalue weighted by Crippen LogP contribution is 2.10. The van der Waals surface area contributed by atoms with E-state index in [1.54, 1.807) is 13.8 Å². The summed E-state index contributed by atoms with van der Waals surface area (Å²) >= 11 is 17.1. The fourth-order valence-electron chi connectivity index (χ4n) is 3.40. The number of nitrogens with zero attached hydrogens (tertiary/aromatic N) is 9. The minimum Gasteiger partial charge on any atom is -0.305 e. The molecule has 0 saturated carbocycles. The van der Waals surface area contributed by atoms with E-state index in [0.29, 0.717) is 14.3 Å². The predicted octanol–water partition coefficient (Wildman–Crippen LogP) is 2.78.